The summed E-state index contributed by atoms with van der Waals surface area (Å²) in [5, 5.41) is 12.4. The van der Waals surface area contributed by atoms with E-state index in [1.54, 1.807) is 11.3 Å². The van der Waals surface area contributed by atoms with Crippen LogP contribution in [0.3, 0.4) is 0 Å². The molecular formula is C16H20N4OS. The van der Waals surface area contributed by atoms with Crippen molar-refractivity contribution in [2.24, 2.45) is 5.92 Å². The summed E-state index contributed by atoms with van der Waals surface area (Å²) in [7, 11) is 0. The lowest BCUT2D eigenvalue weighted by Gasteiger charge is -2.35. The van der Waals surface area contributed by atoms with Gasteiger partial charge >= 0.3 is 0 Å². The van der Waals surface area contributed by atoms with Gasteiger partial charge in [-0.3, -0.25) is 4.79 Å². The third kappa shape index (κ3) is 2.67. The Kier molecular flexibility index (Phi) is 3.70. The molecule has 1 amide bonds. The van der Waals surface area contributed by atoms with Crippen LogP contribution in [0.4, 0.5) is 0 Å². The highest BCUT2D eigenvalue weighted by Crippen LogP contribution is 2.34. The van der Waals surface area contributed by atoms with Crippen LogP contribution in [-0.2, 0) is 6.54 Å². The zero-order valence-corrected chi connectivity index (χ0v) is 13.3. The van der Waals surface area contributed by atoms with Crippen LogP contribution in [0.1, 0.15) is 54.3 Å². The predicted octanol–water partition coefficient (Wildman–Crippen LogP) is 3.12. The monoisotopic (exact) mass is 316 g/mol. The van der Waals surface area contributed by atoms with Crippen LogP contribution in [0.15, 0.2) is 23.2 Å². The van der Waals surface area contributed by atoms with Crippen LogP contribution in [-0.4, -0.2) is 32.1 Å². The number of nitrogens with zero attached hydrogens (tertiary/aromatic N) is 4. The maximum Gasteiger partial charge on any atom is 0.255 e. The summed E-state index contributed by atoms with van der Waals surface area (Å²) >= 11 is 1.57. The minimum absolute atomic E-state index is 0.0717. The van der Waals surface area contributed by atoms with E-state index in [1.807, 2.05) is 28.1 Å². The molecule has 5 nitrogen and oxygen atoms in total. The summed E-state index contributed by atoms with van der Waals surface area (Å²) in [6, 6.07) is 1.98. The lowest BCUT2D eigenvalue weighted by Crippen LogP contribution is -2.39. The molecule has 1 saturated heterocycles. The van der Waals surface area contributed by atoms with Crippen molar-refractivity contribution < 1.29 is 4.79 Å². The van der Waals surface area contributed by atoms with Gasteiger partial charge in [0.2, 0.25) is 0 Å². The van der Waals surface area contributed by atoms with Crippen molar-refractivity contribution in [2.75, 3.05) is 6.54 Å². The van der Waals surface area contributed by atoms with E-state index in [0.717, 1.165) is 49.7 Å². The van der Waals surface area contributed by atoms with Gasteiger partial charge in [0.05, 0.1) is 11.6 Å². The molecule has 1 saturated carbocycles. The van der Waals surface area contributed by atoms with Crippen molar-refractivity contribution in [3.8, 4) is 0 Å². The Labute approximate surface area is 134 Å². The molecule has 4 rings (SSSR count). The van der Waals surface area contributed by atoms with Crippen LogP contribution < -0.4 is 0 Å². The molecule has 2 aromatic heterocycles. The van der Waals surface area contributed by atoms with Gasteiger partial charge in [0.25, 0.3) is 5.91 Å². The smallest absolute Gasteiger partial charge is 0.255 e. The molecule has 116 valence electrons. The third-order valence-electron chi connectivity index (χ3n) is 4.63. The van der Waals surface area contributed by atoms with Gasteiger partial charge < -0.3 is 9.47 Å². The average Bonchev–Trinajstić information content (AvgIpc) is 3.03. The van der Waals surface area contributed by atoms with Crippen molar-refractivity contribution in [1.82, 2.24) is 19.7 Å². The number of hydrogen-bond donors (Lipinski definition) is 0. The molecule has 0 bridgehead atoms. The van der Waals surface area contributed by atoms with E-state index in [4.69, 9.17) is 0 Å². The van der Waals surface area contributed by atoms with Crippen LogP contribution in [0, 0.1) is 5.92 Å². The Morgan fingerprint density at radius 2 is 2.23 bits per heavy atom. The van der Waals surface area contributed by atoms with Crippen LogP contribution >= 0.6 is 11.3 Å². The first-order valence-electron chi connectivity index (χ1n) is 8.04. The molecule has 0 aromatic carbocycles. The molecule has 0 radical (unpaired) electrons. The molecule has 2 aliphatic rings. The molecule has 2 aromatic rings. The maximum absolute atomic E-state index is 12.8. The summed E-state index contributed by atoms with van der Waals surface area (Å²) in [6.45, 7) is 1.81. The Morgan fingerprint density at radius 3 is 3.00 bits per heavy atom. The topological polar surface area (TPSA) is 51.0 Å². The second-order valence-corrected chi connectivity index (χ2v) is 7.09. The molecule has 3 heterocycles. The van der Waals surface area contributed by atoms with Crippen LogP contribution in [0.5, 0.6) is 0 Å². The second kappa shape index (κ2) is 5.83. The number of piperidine rings is 1. The summed E-state index contributed by atoms with van der Waals surface area (Å²) in [4.78, 5) is 14.8. The minimum Gasteiger partial charge on any atom is -0.328 e. The number of carbonyl (C=O) groups excluding carboxylic acids is 1. The highest BCUT2D eigenvalue weighted by Gasteiger charge is 2.33. The number of aromatic nitrogens is 3. The molecule has 2 fully saturated rings. The van der Waals surface area contributed by atoms with Gasteiger partial charge in [-0.05, 0) is 49.5 Å². The zero-order chi connectivity index (χ0) is 14.9. The first-order valence-corrected chi connectivity index (χ1v) is 8.98. The summed E-state index contributed by atoms with van der Waals surface area (Å²) in [5.74, 6) is 1.88. The molecule has 1 aliphatic carbocycles. The summed E-state index contributed by atoms with van der Waals surface area (Å²) in [6.07, 6.45) is 7.64. The van der Waals surface area contributed by atoms with E-state index in [1.165, 1.54) is 12.8 Å². The number of hydrogen-bond acceptors (Lipinski definition) is 4. The predicted molar refractivity (Wildman–Crippen MR) is 84.7 cm³/mol. The number of thiophene rings is 1. The Balaban J connectivity index is 1.60. The lowest BCUT2D eigenvalue weighted by atomic mass is 10.0. The zero-order valence-electron chi connectivity index (χ0n) is 12.5. The molecule has 1 aliphatic heterocycles. The first-order chi connectivity index (χ1) is 10.8. The largest absolute Gasteiger partial charge is 0.328 e. The van der Waals surface area contributed by atoms with Crippen molar-refractivity contribution in [1.29, 1.82) is 0 Å². The number of carbonyl (C=O) groups is 1. The van der Waals surface area contributed by atoms with Gasteiger partial charge in [0.15, 0.2) is 5.82 Å². The van der Waals surface area contributed by atoms with Crippen LogP contribution in [0.2, 0.25) is 0 Å². The van der Waals surface area contributed by atoms with Gasteiger partial charge in [0, 0.05) is 18.5 Å². The summed E-state index contributed by atoms with van der Waals surface area (Å²) < 4.78 is 2.17. The molecule has 1 atom stereocenters. The summed E-state index contributed by atoms with van der Waals surface area (Å²) in [5.41, 5.74) is 0.796. The Morgan fingerprint density at radius 1 is 1.32 bits per heavy atom. The SMILES string of the molecule is O=C(c1ccsc1)N1CCCCC1c1nncn1CC1CC1. The average molecular weight is 316 g/mol. The fraction of sp³-hybridized carbons (Fsp3) is 0.562. The first kappa shape index (κ1) is 13.9. The van der Waals surface area contributed by atoms with Gasteiger partial charge in [-0.25, -0.2) is 0 Å². The second-order valence-electron chi connectivity index (χ2n) is 6.31. The van der Waals surface area contributed by atoms with Gasteiger partial charge in [-0.2, -0.15) is 11.3 Å². The highest BCUT2D eigenvalue weighted by molar-refractivity contribution is 7.08. The van der Waals surface area contributed by atoms with Crippen molar-refractivity contribution in [3.63, 3.8) is 0 Å². The molecule has 22 heavy (non-hydrogen) atoms. The molecule has 0 spiro atoms. The van der Waals surface area contributed by atoms with Gasteiger partial charge in [-0.15, -0.1) is 10.2 Å². The van der Waals surface area contributed by atoms with E-state index >= 15 is 0 Å². The van der Waals surface area contributed by atoms with Crippen LogP contribution in [0.25, 0.3) is 0 Å². The fourth-order valence-corrected chi connectivity index (χ4v) is 3.87. The standard InChI is InChI=1S/C16H20N4OS/c21-16(13-6-8-22-10-13)20-7-2-1-3-14(20)15-18-17-11-19(15)9-12-4-5-12/h6,8,10-12,14H,1-5,7,9H2. The third-order valence-corrected chi connectivity index (χ3v) is 5.31. The Bertz CT molecular complexity index is 647. The van der Waals surface area contributed by atoms with Gasteiger partial charge in [0.1, 0.15) is 6.33 Å². The Hall–Kier alpha value is -1.69. The fourth-order valence-electron chi connectivity index (χ4n) is 3.24. The quantitative estimate of drug-likeness (QED) is 0.871. The normalized spacial score (nSPS) is 22.0. The number of amides is 1. The van der Waals surface area contributed by atoms with Crippen molar-refractivity contribution in [2.45, 2.75) is 44.7 Å². The maximum atomic E-state index is 12.8. The van der Waals surface area contributed by atoms with E-state index in [2.05, 4.69) is 14.8 Å². The molecular weight excluding hydrogens is 296 g/mol. The number of likely N-dealkylation sites (tertiary alicyclic amines) is 1. The lowest BCUT2D eigenvalue weighted by molar-refractivity contribution is 0.0594. The molecule has 1 unspecified atom stereocenters. The van der Waals surface area contributed by atoms with E-state index in [0.29, 0.717) is 0 Å². The van der Waals surface area contributed by atoms with E-state index in [9.17, 15) is 4.79 Å². The van der Waals surface area contributed by atoms with Crippen molar-refractivity contribution >= 4 is 17.2 Å². The highest BCUT2D eigenvalue weighted by atomic mass is 32.1. The van der Waals surface area contributed by atoms with Gasteiger partial charge in [-0.1, -0.05) is 0 Å². The molecule has 6 heteroatoms. The minimum atomic E-state index is 0.0717. The van der Waals surface area contributed by atoms with E-state index < -0.39 is 0 Å². The van der Waals surface area contributed by atoms with E-state index in [-0.39, 0.29) is 11.9 Å². The van der Waals surface area contributed by atoms with Crippen molar-refractivity contribution in [3.05, 3.63) is 34.5 Å². The molecule has 0 N–H and O–H groups in total. The number of rotatable bonds is 4.